The third kappa shape index (κ3) is 5.67. The van der Waals surface area contributed by atoms with Crippen LogP contribution in [0.2, 0.25) is 5.02 Å². The van der Waals surface area contributed by atoms with E-state index in [1.807, 2.05) is 38.1 Å². The van der Waals surface area contributed by atoms with Crippen LogP contribution in [0.4, 0.5) is 5.69 Å². The maximum Gasteiger partial charge on any atom is 0.363 e. The first-order valence-corrected chi connectivity index (χ1v) is 11.1. The second kappa shape index (κ2) is 10.4. The van der Waals surface area contributed by atoms with Crippen LogP contribution in [-0.2, 0) is 16.1 Å². The van der Waals surface area contributed by atoms with Crippen molar-refractivity contribution in [2.45, 2.75) is 20.5 Å². The number of ether oxygens (including phenoxy) is 3. The molecule has 178 valence electrons. The average molecular weight is 493 g/mol. The lowest BCUT2D eigenvalue weighted by Crippen LogP contribution is -2.05. The molecule has 35 heavy (non-hydrogen) atoms. The van der Waals surface area contributed by atoms with Gasteiger partial charge in [-0.15, -0.1) is 0 Å². The highest BCUT2D eigenvalue weighted by molar-refractivity contribution is 6.32. The highest BCUT2D eigenvalue weighted by atomic mass is 35.5. The SMILES string of the molecule is CCOc1cc(/C=C2\N=C(c3ccc(C)cc3)OC2=O)cc(Cl)c1OCc1cccc([N+](=O)[O-])c1. The zero-order valence-electron chi connectivity index (χ0n) is 19.0. The molecular formula is C26H21ClN2O6. The molecule has 1 heterocycles. The van der Waals surface area contributed by atoms with E-state index in [9.17, 15) is 14.9 Å². The number of esters is 1. The van der Waals surface area contributed by atoms with E-state index in [0.717, 1.165) is 5.56 Å². The number of carbonyl (C=O) groups excluding carboxylic acids is 1. The maximum absolute atomic E-state index is 12.4. The zero-order valence-corrected chi connectivity index (χ0v) is 19.7. The Labute approximate surface area is 206 Å². The summed E-state index contributed by atoms with van der Waals surface area (Å²) in [5, 5.41) is 11.3. The highest BCUT2D eigenvalue weighted by Crippen LogP contribution is 2.38. The molecule has 1 aliphatic rings. The molecule has 0 aromatic heterocycles. The number of nitrogens with zero attached hydrogens (tertiary/aromatic N) is 2. The Kier molecular flexibility index (Phi) is 7.12. The highest BCUT2D eigenvalue weighted by Gasteiger charge is 2.24. The predicted molar refractivity (Wildman–Crippen MR) is 132 cm³/mol. The topological polar surface area (TPSA) is 100 Å². The molecule has 3 aromatic carbocycles. The van der Waals surface area contributed by atoms with Crippen molar-refractivity contribution in [2.24, 2.45) is 4.99 Å². The lowest BCUT2D eigenvalue weighted by molar-refractivity contribution is -0.384. The van der Waals surface area contributed by atoms with Crippen molar-refractivity contribution in [3.05, 3.63) is 104 Å². The van der Waals surface area contributed by atoms with Crippen LogP contribution in [0, 0.1) is 17.0 Å². The number of halogens is 1. The number of cyclic esters (lactones) is 1. The fraction of sp³-hybridized carbons (Fsp3) is 0.154. The summed E-state index contributed by atoms with van der Waals surface area (Å²) in [6.45, 7) is 4.18. The molecule has 8 nitrogen and oxygen atoms in total. The van der Waals surface area contributed by atoms with Crippen LogP contribution in [0.25, 0.3) is 6.08 Å². The standard InChI is InChI=1S/C26H21ClN2O6/c1-3-33-23-14-18(13-22-26(30)35-25(28-22)19-9-7-16(2)8-10-19)12-21(27)24(23)34-15-17-5-4-6-20(11-17)29(31)32/h4-14H,3,15H2,1-2H3/b22-13-. The second-order valence-electron chi connectivity index (χ2n) is 7.68. The largest absolute Gasteiger partial charge is 0.490 e. The third-order valence-electron chi connectivity index (χ3n) is 5.06. The molecule has 0 fully saturated rings. The van der Waals surface area contributed by atoms with Crippen LogP contribution in [0.3, 0.4) is 0 Å². The van der Waals surface area contributed by atoms with Crippen LogP contribution >= 0.6 is 11.6 Å². The van der Waals surface area contributed by atoms with E-state index >= 15 is 0 Å². The van der Waals surface area contributed by atoms with Crippen LogP contribution in [-0.4, -0.2) is 23.4 Å². The summed E-state index contributed by atoms with van der Waals surface area (Å²) < 4.78 is 16.9. The van der Waals surface area contributed by atoms with E-state index in [2.05, 4.69) is 4.99 Å². The lowest BCUT2D eigenvalue weighted by Gasteiger charge is -2.14. The van der Waals surface area contributed by atoms with Crippen molar-refractivity contribution < 1.29 is 23.9 Å². The van der Waals surface area contributed by atoms with Gasteiger partial charge in [-0.2, -0.15) is 0 Å². The lowest BCUT2D eigenvalue weighted by atomic mass is 10.1. The normalized spacial score (nSPS) is 14.0. The van der Waals surface area contributed by atoms with Crippen LogP contribution in [0.1, 0.15) is 29.2 Å². The molecule has 4 rings (SSSR count). The Morgan fingerprint density at radius 1 is 1.11 bits per heavy atom. The molecule has 3 aromatic rings. The summed E-state index contributed by atoms with van der Waals surface area (Å²) >= 11 is 6.48. The van der Waals surface area contributed by atoms with Crippen molar-refractivity contribution in [1.82, 2.24) is 0 Å². The van der Waals surface area contributed by atoms with Gasteiger partial charge in [0.05, 0.1) is 16.6 Å². The van der Waals surface area contributed by atoms with E-state index < -0.39 is 10.9 Å². The Morgan fingerprint density at radius 3 is 2.60 bits per heavy atom. The van der Waals surface area contributed by atoms with Crippen molar-refractivity contribution >= 4 is 35.2 Å². The van der Waals surface area contributed by atoms with Gasteiger partial charge < -0.3 is 14.2 Å². The molecule has 0 amide bonds. The molecule has 0 saturated carbocycles. The molecule has 0 aliphatic carbocycles. The van der Waals surface area contributed by atoms with E-state index in [-0.39, 0.29) is 28.9 Å². The van der Waals surface area contributed by atoms with Crippen molar-refractivity contribution in [3.63, 3.8) is 0 Å². The molecule has 0 N–H and O–H groups in total. The Morgan fingerprint density at radius 2 is 1.89 bits per heavy atom. The van der Waals surface area contributed by atoms with Crippen molar-refractivity contribution in [3.8, 4) is 11.5 Å². The van der Waals surface area contributed by atoms with Gasteiger partial charge in [-0.25, -0.2) is 9.79 Å². The molecule has 0 radical (unpaired) electrons. The molecule has 0 atom stereocenters. The molecule has 1 aliphatic heterocycles. The first-order chi connectivity index (χ1) is 16.8. The number of nitro benzene ring substituents is 1. The first kappa shape index (κ1) is 24.0. The fourth-order valence-corrected chi connectivity index (χ4v) is 3.65. The monoisotopic (exact) mass is 492 g/mol. The van der Waals surface area contributed by atoms with E-state index in [1.54, 1.807) is 30.3 Å². The number of nitro groups is 1. The number of carbonyl (C=O) groups is 1. The third-order valence-corrected chi connectivity index (χ3v) is 5.34. The number of hydrogen-bond acceptors (Lipinski definition) is 7. The summed E-state index contributed by atoms with van der Waals surface area (Å²) in [4.78, 5) is 27.3. The van der Waals surface area contributed by atoms with E-state index in [4.69, 9.17) is 25.8 Å². The number of aryl methyl sites for hydroxylation is 1. The number of hydrogen-bond donors (Lipinski definition) is 0. The van der Waals surface area contributed by atoms with Crippen LogP contribution in [0.5, 0.6) is 11.5 Å². The molecule has 9 heteroatoms. The van der Waals surface area contributed by atoms with Crippen molar-refractivity contribution in [2.75, 3.05) is 6.61 Å². The summed E-state index contributed by atoms with van der Waals surface area (Å²) in [6, 6.07) is 16.9. The van der Waals surface area contributed by atoms with Gasteiger partial charge >= 0.3 is 5.97 Å². The molecular weight excluding hydrogens is 472 g/mol. The van der Waals surface area contributed by atoms with E-state index in [1.165, 1.54) is 12.1 Å². The Balaban J connectivity index is 1.59. The summed E-state index contributed by atoms with van der Waals surface area (Å²) in [5.74, 6) is 0.321. The minimum atomic E-state index is -0.569. The van der Waals surface area contributed by atoms with Gasteiger partial charge in [0.1, 0.15) is 6.61 Å². The maximum atomic E-state index is 12.4. The Bertz CT molecular complexity index is 1350. The summed E-state index contributed by atoms with van der Waals surface area (Å²) in [5.41, 5.74) is 3.06. The van der Waals surface area contributed by atoms with Crippen molar-refractivity contribution in [1.29, 1.82) is 0 Å². The summed E-state index contributed by atoms with van der Waals surface area (Å²) in [7, 11) is 0. The minimum Gasteiger partial charge on any atom is -0.490 e. The van der Waals surface area contributed by atoms with Gasteiger partial charge in [-0.3, -0.25) is 10.1 Å². The fourth-order valence-electron chi connectivity index (χ4n) is 3.38. The van der Waals surface area contributed by atoms with Crippen LogP contribution in [0.15, 0.2) is 71.4 Å². The summed E-state index contributed by atoms with van der Waals surface area (Å²) in [6.07, 6.45) is 1.56. The number of benzene rings is 3. The van der Waals surface area contributed by atoms with Gasteiger partial charge in [0.2, 0.25) is 5.90 Å². The quantitative estimate of drug-likeness (QED) is 0.168. The second-order valence-corrected chi connectivity index (χ2v) is 8.09. The van der Waals surface area contributed by atoms with Gasteiger partial charge in [0, 0.05) is 17.7 Å². The molecule has 0 spiro atoms. The van der Waals surface area contributed by atoms with Crippen LogP contribution < -0.4 is 9.47 Å². The van der Waals surface area contributed by atoms with Gasteiger partial charge in [-0.05, 0) is 55.3 Å². The number of aliphatic imine (C=N–C) groups is 1. The first-order valence-electron chi connectivity index (χ1n) is 10.8. The van der Waals surface area contributed by atoms with Gasteiger partial charge in [0.25, 0.3) is 5.69 Å². The number of non-ortho nitro benzene ring substituents is 1. The minimum absolute atomic E-state index is 0.0294. The molecule has 0 unspecified atom stereocenters. The van der Waals surface area contributed by atoms with Gasteiger partial charge in [0.15, 0.2) is 17.2 Å². The average Bonchev–Trinajstić information content (AvgIpc) is 3.19. The van der Waals surface area contributed by atoms with Gasteiger partial charge in [-0.1, -0.05) is 41.4 Å². The van der Waals surface area contributed by atoms with E-state index in [0.29, 0.717) is 34.8 Å². The zero-order chi connectivity index (χ0) is 24.9. The molecule has 0 saturated heterocycles. The Hall–Kier alpha value is -4.17. The smallest absolute Gasteiger partial charge is 0.363 e. The predicted octanol–water partition coefficient (Wildman–Crippen LogP) is 5.88. The molecule has 0 bridgehead atoms. The number of rotatable bonds is 8.